The zero-order chi connectivity index (χ0) is 34.6. The van der Waals surface area contributed by atoms with E-state index in [0.29, 0.717) is 31.1 Å². The summed E-state index contributed by atoms with van der Waals surface area (Å²) in [5.74, 6) is -2.27. The predicted molar refractivity (Wildman–Crippen MR) is 189 cm³/mol. The smallest absolute Gasteiger partial charge is 0.334 e. The van der Waals surface area contributed by atoms with E-state index in [0.717, 1.165) is 30.9 Å². The Balaban J connectivity index is 1.51. The van der Waals surface area contributed by atoms with E-state index in [1.165, 1.54) is 43.4 Å². The van der Waals surface area contributed by atoms with E-state index in [9.17, 15) is 24.6 Å². The fraction of sp³-hybridized carbons (Fsp3) is 0.556. The quantitative estimate of drug-likeness (QED) is 0.212. The normalized spacial score (nSPS) is 21.9. The highest BCUT2D eigenvalue weighted by molar-refractivity contribution is 7.09. The first-order valence-corrected chi connectivity index (χ1v) is 18.6. The van der Waals surface area contributed by atoms with E-state index < -0.39 is 17.4 Å². The molecule has 1 saturated carbocycles. The number of hydrogen-bond acceptors (Lipinski definition) is 7. The van der Waals surface area contributed by atoms with E-state index in [-0.39, 0.29) is 56.6 Å². The number of carboxylic acids is 2. The number of aromatic nitrogens is 1. The summed E-state index contributed by atoms with van der Waals surface area (Å²) >= 11 is 14.9. The van der Waals surface area contributed by atoms with Crippen LogP contribution in [0.5, 0.6) is 0 Å². The number of aliphatic carboxylic acids is 2. The molecule has 0 bridgehead atoms. The standard InChI is InChI=1S/C36H46Cl2N4O5S/c1-4-39-22-36(15-6-5-7-16-36)23-13-18-42(19-14-23)29(43)21-27-32(34(46)47)35(2,30-24(37)9-8-10-25(30)38)31(33(44)45)26(41(27)3)11-12-28-40-17-20-48-28/h8-10,17,20,23,39H,4-7,11-16,18-19,21-22H2,1-3H3,(H,44,45)(H,46,47). The largest absolute Gasteiger partial charge is 0.478 e. The van der Waals surface area contributed by atoms with E-state index in [2.05, 4.69) is 17.2 Å². The Hall–Kier alpha value is -2.92. The van der Waals surface area contributed by atoms with Crippen LogP contribution in [0.3, 0.4) is 0 Å². The Kier molecular flexibility index (Phi) is 11.6. The van der Waals surface area contributed by atoms with Crippen molar-refractivity contribution in [1.29, 1.82) is 0 Å². The summed E-state index contributed by atoms with van der Waals surface area (Å²) in [7, 11) is 1.65. The van der Waals surface area contributed by atoms with Crippen molar-refractivity contribution in [2.75, 3.05) is 33.2 Å². The van der Waals surface area contributed by atoms with Crippen LogP contribution < -0.4 is 5.32 Å². The minimum Gasteiger partial charge on any atom is -0.478 e. The lowest BCUT2D eigenvalue weighted by molar-refractivity contribution is -0.134. The molecular weight excluding hydrogens is 671 g/mol. The van der Waals surface area contributed by atoms with Crippen LogP contribution in [-0.2, 0) is 26.2 Å². The Morgan fingerprint density at radius 1 is 1.00 bits per heavy atom. The highest BCUT2D eigenvalue weighted by Crippen LogP contribution is 2.52. The van der Waals surface area contributed by atoms with Gasteiger partial charge in [0, 0.05) is 71.7 Å². The molecule has 2 fully saturated rings. The average Bonchev–Trinajstić information content (AvgIpc) is 3.58. The molecule has 260 valence electrons. The molecule has 2 aliphatic heterocycles. The number of hydrogen-bond donors (Lipinski definition) is 3. The van der Waals surface area contributed by atoms with Gasteiger partial charge in [0.05, 0.1) is 28.0 Å². The lowest BCUT2D eigenvalue weighted by atomic mass is 9.63. The van der Waals surface area contributed by atoms with Gasteiger partial charge in [0.2, 0.25) is 5.91 Å². The van der Waals surface area contributed by atoms with E-state index in [1.54, 1.807) is 43.3 Å². The number of amides is 1. The van der Waals surface area contributed by atoms with Crippen molar-refractivity contribution in [3.8, 4) is 0 Å². The molecule has 0 radical (unpaired) electrons. The van der Waals surface area contributed by atoms with E-state index in [4.69, 9.17) is 23.2 Å². The Morgan fingerprint density at radius 2 is 1.62 bits per heavy atom. The van der Waals surface area contributed by atoms with Gasteiger partial charge in [-0.1, -0.05) is 55.5 Å². The molecule has 3 aliphatic rings. The van der Waals surface area contributed by atoms with Gasteiger partial charge in [-0.25, -0.2) is 14.6 Å². The molecule has 5 rings (SSSR count). The molecule has 2 aromatic rings. The lowest BCUT2D eigenvalue weighted by Gasteiger charge is -2.48. The van der Waals surface area contributed by atoms with Gasteiger partial charge in [-0.15, -0.1) is 11.3 Å². The van der Waals surface area contributed by atoms with Crippen molar-refractivity contribution in [3.05, 3.63) is 72.9 Å². The molecule has 3 N–H and O–H groups in total. The molecule has 1 saturated heterocycles. The van der Waals surface area contributed by atoms with Gasteiger partial charge in [0.15, 0.2) is 0 Å². The van der Waals surface area contributed by atoms with Gasteiger partial charge >= 0.3 is 11.9 Å². The van der Waals surface area contributed by atoms with Crippen molar-refractivity contribution in [3.63, 3.8) is 0 Å². The summed E-state index contributed by atoms with van der Waals surface area (Å²) in [6.45, 7) is 6.86. The van der Waals surface area contributed by atoms with Gasteiger partial charge in [-0.2, -0.15) is 0 Å². The Morgan fingerprint density at radius 3 is 2.19 bits per heavy atom. The second-order valence-corrected chi connectivity index (χ2v) is 15.3. The molecule has 1 unspecified atom stereocenters. The second kappa shape index (κ2) is 15.3. The van der Waals surface area contributed by atoms with Crippen LogP contribution in [-0.4, -0.2) is 76.1 Å². The molecule has 1 amide bonds. The van der Waals surface area contributed by atoms with E-state index >= 15 is 0 Å². The summed E-state index contributed by atoms with van der Waals surface area (Å²) in [4.78, 5) is 48.5. The third kappa shape index (κ3) is 7.04. The number of aryl methyl sites for hydroxylation is 1. The van der Waals surface area contributed by atoms with Gasteiger partial charge in [0.1, 0.15) is 0 Å². The molecule has 0 spiro atoms. The number of allylic oxidation sites excluding steroid dienone is 1. The lowest BCUT2D eigenvalue weighted by Crippen LogP contribution is -2.49. The third-order valence-corrected chi connectivity index (χ3v) is 12.4. The summed E-state index contributed by atoms with van der Waals surface area (Å²) in [6.07, 6.45) is 10.2. The summed E-state index contributed by atoms with van der Waals surface area (Å²) < 4.78 is 0. The van der Waals surface area contributed by atoms with Gasteiger partial charge in [0.25, 0.3) is 0 Å². The Bertz CT molecular complexity index is 1560. The second-order valence-electron chi connectivity index (χ2n) is 13.5. The van der Waals surface area contributed by atoms with Crippen LogP contribution >= 0.6 is 34.5 Å². The zero-order valence-corrected chi connectivity index (χ0v) is 30.3. The highest BCUT2D eigenvalue weighted by Gasteiger charge is 2.52. The molecule has 9 nitrogen and oxygen atoms in total. The Labute approximate surface area is 297 Å². The molecule has 1 aromatic heterocycles. The van der Waals surface area contributed by atoms with Crippen molar-refractivity contribution < 1.29 is 24.6 Å². The number of nitrogens with zero attached hydrogens (tertiary/aromatic N) is 3. The number of carbonyl (C=O) groups excluding carboxylic acids is 1. The van der Waals surface area contributed by atoms with Crippen LogP contribution in [0.25, 0.3) is 0 Å². The summed E-state index contributed by atoms with van der Waals surface area (Å²) in [6, 6.07) is 4.78. The van der Waals surface area contributed by atoms with Crippen LogP contribution in [0.1, 0.15) is 82.2 Å². The fourth-order valence-corrected chi connectivity index (χ4v) is 9.95. The molecule has 1 aromatic carbocycles. The van der Waals surface area contributed by atoms with Crippen LogP contribution in [0.2, 0.25) is 10.0 Å². The number of carbonyl (C=O) groups is 3. The average molecular weight is 718 g/mol. The first-order valence-electron chi connectivity index (χ1n) is 16.9. The number of piperidine rings is 1. The van der Waals surface area contributed by atoms with Gasteiger partial charge < -0.3 is 25.3 Å². The number of likely N-dealkylation sites (tertiary alicyclic amines) is 1. The maximum absolute atomic E-state index is 14.1. The van der Waals surface area contributed by atoms with Gasteiger partial charge in [-0.3, -0.25) is 4.79 Å². The van der Waals surface area contributed by atoms with Crippen LogP contribution in [0.4, 0.5) is 0 Å². The molecular formula is C36H46Cl2N4O5S. The topological polar surface area (TPSA) is 123 Å². The fourth-order valence-electron chi connectivity index (χ4n) is 8.56. The molecule has 1 aliphatic carbocycles. The SMILES string of the molecule is CCNCC1(C2CCN(C(=O)CC3=C(C(=O)O)C(C)(c4c(Cl)cccc4Cl)C(C(=O)O)=C(CCc4nccs4)N3C)CC2)CCCCC1. The number of carboxylic acid groups (broad SMARTS) is 2. The van der Waals surface area contributed by atoms with Crippen molar-refractivity contribution in [2.24, 2.45) is 11.3 Å². The number of benzene rings is 1. The van der Waals surface area contributed by atoms with Crippen molar-refractivity contribution in [1.82, 2.24) is 20.1 Å². The highest BCUT2D eigenvalue weighted by atomic mass is 35.5. The summed E-state index contributed by atoms with van der Waals surface area (Å²) in [5, 5.41) is 28.2. The molecule has 3 heterocycles. The monoisotopic (exact) mass is 716 g/mol. The molecule has 1 atom stereocenters. The van der Waals surface area contributed by atoms with Crippen molar-refractivity contribution in [2.45, 2.75) is 83.5 Å². The first-order chi connectivity index (χ1) is 22.9. The molecule has 48 heavy (non-hydrogen) atoms. The van der Waals surface area contributed by atoms with Gasteiger partial charge in [-0.05, 0) is 69.0 Å². The number of thiazole rings is 1. The van der Waals surface area contributed by atoms with Crippen molar-refractivity contribution >= 4 is 52.4 Å². The number of nitrogens with one attached hydrogen (secondary N) is 1. The van der Waals surface area contributed by atoms with Crippen LogP contribution in [0, 0.1) is 11.3 Å². The third-order valence-electron chi connectivity index (χ3n) is 10.9. The summed E-state index contributed by atoms with van der Waals surface area (Å²) in [5.41, 5.74) is -1.04. The number of rotatable bonds is 12. The first kappa shape index (κ1) is 36.4. The maximum atomic E-state index is 14.1. The maximum Gasteiger partial charge on any atom is 0.334 e. The van der Waals surface area contributed by atoms with Crippen LogP contribution in [0.15, 0.2) is 52.3 Å². The number of halogens is 2. The van der Waals surface area contributed by atoms with E-state index in [1.807, 2.05) is 10.3 Å². The predicted octanol–water partition coefficient (Wildman–Crippen LogP) is 7.15. The minimum absolute atomic E-state index is 0.135. The minimum atomic E-state index is -1.76. The zero-order valence-electron chi connectivity index (χ0n) is 28.0. The molecule has 12 heteroatoms.